The zero-order chi connectivity index (χ0) is 22.0. The molecular weight excluding hydrogens is 424 g/mol. The van der Waals surface area contributed by atoms with Gasteiger partial charge in [0.15, 0.2) is 6.29 Å². The van der Waals surface area contributed by atoms with Crippen LogP contribution in [-0.2, 0) is 15.9 Å². The number of hydrogen-bond donors (Lipinski definition) is 4. The van der Waals surface area contributed by atoms with Gasteiger partial charge < -0.3 is 34.6 Å². The topological polar surface area (TPSA) is 109 Å². The van der Waals surface area contributed by atoms with Gasteiger partial charge in [-0.3, -0.25) is 0 Å². The van der Waals surface area contributed by atoms with E-state index in [2.05, 4.69) is 0 Å². The lowest BCUT2D eigenvalue weighted by atomic mass is 9.90. The van der Waals surface area contributed by atoms with Crippen molar-refractivity contribution in [2.45, 2.75) is 56.1 Å². The molecule has 2 aliphatic rings. The highest BCUT2D eigenvalue weighted by atomic mass is 35.5. The van der Waals surface area contributed by atoms with Gasteiger partial charge in [-0.2, -0.15) is 0 Å². The van der Waals surface area contributed by atoms with Crippen LogP contribution in [0.1, 0.15) is 35.6 Å². The normalized spacial score (nSPS) is 31.0. The molecule has 0 bridgehead atoms. The molecule has 4 rings (SSSR count). The molecule has 31 heavy (non-hydrogen) atoms. The molecule has 8 heteroatoms. The van der Waals surface area contributed by atoms with Gasteiger partial charge in [0.2, 0.25) is 0 Å². The standard InChI is InChI=1S/C23H27ClO7/c24-17-8-5-14(23-22(28)21(27)20(26)18(12-25)31-23)11-15(17)10-13-3-6-16(7-4-13)30-19-2-1-9-29-19/h3-8,11,18-23,25-28H,1-2,9-10,12H2/t18-,19+,20-,21+,22-,23+/m1/s1. The molecule has 6 atom stereocenters. The third-order valence-corrected chi connectivity index (χ3v) is 6.13. The van der Waals surface area contributed by atoms with Crippen LogP contribution in [0.5, 0.6) is 5.75 Å². The SMILES string of the molecule is OC[C@H]1O[C@@H](c2ccc(Cl)c(Cc3ccc(O[C@H]4CCCO4)cc3)c2)[C@H](O)[C@@H](O)[C@@H]1O. The zero-order valence-electron chi connectivity index (χ0n) is 16.9. The first-order valence-electron chi connectivity index (χ1n) is 10.4. The molecule has 0 unspecified atom stereocenters. The number of rotatable bonds is 6. The van der Waals surface area contributed by atoms with Gasteiger partial charge in [0.25, 0.3) is 0 Å². The Kier molecular flexibility index (Phi) is 7.13. The molecule has 2 heterocycles. The number of halogens is 1. The second kappa shape index (κ2) is 9.83. The maximum Gasteiger partial charge on any atom is 0.199 e. The van der Waals surface area contributed by atoms with Gasteiger partial charge in [0, 0.05) is 11.4 Å². The van der Waals surface area contributed by atoms with Crippen LogP contribution >= 0.6 is 11.6 Å². The molecule has 0 saturated carbocycles. The highest BCUT2D eigenvalue weighted by molar-refractivity contribution is 6.31. The van der Waals surface area contributed by atoms with Crippen LogP contribution < -0.4 is 4.74 Å². The van der Waals surface area contributed by atoms with Crippen LogP contribution in [0.2, 0.25) is 5.02 Å². The van der Waals surface area contributed by atoms with Crippen molar-refractivity contribution in [2.75, 3.05) is 13.2 Å². The van der Waals surface area contributed by atoms with Crippen LogP contribution in [-0.4, -0.2) is 64.3 Å². The predicted octanol–water partition coefficient (Wildman–Crippen LogP) is 1.96. The molecule has 0 aromatic heterocycles. The molecule has 168 valence electrons. The molecule has 4 N–H and O–H groups in total. The largest absolute Gasteiger partial charge is 0.465 e. The fourth-order valence-corrected chi connectivity index (χ4v) is 4.17. The third-order valence-electron chi connectivity index (χ3n) is 5.76. The number of aliphatic hydroxyl groups is 4. The van der Waals surface area contributed by atoms with Gasteiger partial charge in [-0.1, -0.05) is 35.9 Å². The summed E-state index contributed by atoms with van der Waals surface area (Å²) in [4.78, 5) is 0. The lowest BCUT2D eigenvalue weighted by Gasteiger charge is -2.40. The molecule has 0 radical (unpaired) electrons. The van der Waals surface area contributed by atoms with Gasteiger partial charge in [0.1, 0.15) is 36.3 Å². The molecule has 2 saturated heterocycles. The highest BCUT2D eigenvalue weighted by Crippen LogP contribution is 2.34. The number of benzene rings is 2. The van der Waals surface area contributed by atoms with E-state index in [4.69, 9.17) is 25.8 Å². The Morgan fingerprint density at radius 1 is 1.00 bits per heavy atom. The molecule has 0 amide bonds. The number of aliphatic hydroxyl groups excluding tert-OH is 4. The molecular formula is C23H27ClO7. The Hall–Kier alpha value is -1.71. The summed E-state index contributed by atoms with van der Waals surface area (Å²) in [7, 11) is 0. The third kappa shape index (κ3) is 5.04. The molecule has 2 aromatic carbocycles. The Bertz CT molecular complexity index is 867. The summed E-state index contributed by atoms with van der Waals surface area (Å²) in [6.45, 7) is 0.258. The Labute approximate surface area is 185 Å². The molecule has 2 aromatic rings. The van der Waals surface area contributed by atoms with E-state index in [9.17, 15) is 20.4 Å². The molecule has 2 aliphatic heterocycles. The summed E-state index contributed by atoms with van der Waals surface area (Å²) in [5.41, 5.74) is 2.45. The molecule has 7 nitrogen and oxygen atoms in total. The van der Waals surface area contributed by atoms with E-state index < -0.39 is 37.1 Å². The van der Waals surface area contributed by atoms with E-state index in [0.717, 1.165) is 36.3 Å². The van der Waals surface area contributed by atoms with Crippen molar-refractivity contribution in [3.63, 3.8) is 0 Å². The maximum atomic E-state index is 10.4. The number of hydrogen-bond acceptors (Lipinski definition) is 7. The minimum atomic E-state index is -1.42. The highest BCUT2D eigenvalue weighted by Gasteiger charge is 2.44. The van der Waals surface area contributed by atoms with E-state index in [0.29, 0.717) is 17.0 Å². The minimum Gasteiger partial charge on any atom is -0.465 e. The van der Waals surface area contributed by atoms with Gasteiger partial charge >= 0.3 is 0 Å². The first-order chi connectivity index (χ1) is 15.0. The van der Waals surface area contributed by atoms with E-state index in [-0.39, 0.29) is 6.29 Å². The summed E-state index contributed by atoms with van der Waals surface area (Å²) in [6.07, 6.45) is -3.74. The van der Waals surface area contributed by atoms with Crippen molar-refractivity contribution < 1.29 is 34.6 Å². The summed E-state index contributed by atoms with van der Waals surface area (Å²) in [5.74, 6) is 0.747. The lowest BCUT2D eigenvalue weighted by Crippen LogP contribution is -2.55. The van der Waals surface area contributed by atoms with E-state index in [1.165, 1.54) is 0 Å². The fourth-order valence-electron chi connectivity index (χ4n) is 3.98. The van der Waals surface area contributed by atoms with E-state index >= 15 is 0 Å². The minimum absolute atomic E-state index is 0.185. The smallest absolute Gasteiger partial charge is 0.199 e. The van der Waals surface area contributed by atoms with Crippen LogP contribution in [0.4, 0.5) is 0 Å². The van der Waals surface area contributed by atoms with Gasteiger partial charge in [-0.05, 0) is 47.7 Å². The molecule has 0 spiro atoms. The second-order valence-electron chi connectivity index (χ2n) is 7.98. The van der Waals surface area contributed by atoms with Gasteiger partial charge in [-0.25, -0.2) is 0 Å². The summed E-state index contributed by atoms with van der Waals surface area (Å²) >= 11 is 6.40. The zero-order valence-corrected chi connectivity index (χ0v) is 17.7. The van der Waals surface area contributed by atoms with Crippen molar-refractivity contribution in [1.29, 1.82) is 0 Å². The Morgan fingerprint density at radius 2 is 1.77 bits per heavy atom. The maximum absolute atomic E-state index is 10.4. The van der Waals surface area contributed by atoms with Crippen molar-refractivity contribution in [2.24, 2.45) is 0 Å². The second-order valence-corrected chi connectivity index (χ2v) is 8.39. The Morgan fingerprint density at radius 3 is 2.45 bits per heavy atom. The van der Waals surface area contributed by atoms with Crippen LogP contribution in [0.25, 0.3) is 0 Å². The fraction of sp³-hybridized carbons (Fsp3) is 0.478. The average Bonchev–Trinajstić information content (AvgIpc) is 3.28. The predicted molar refractivity (Wildman–Crippen MR) is 113 cm³/mol. The van der Waals surface area contributed by atoms with Gasteiger partial charge in [0.05, 0.1) is 13.2 Å². The first-order valence-corrected chi connectivity index (χ1v) is 10.8. The van der Waals surface area contributed by atoms with Crippen LogP contribution in [0.15, 0.2) is 42.5 Å². The first kappa shape index (κ1) is 22.5. The Balaban J connectivity index is 1.49. The molecule has 2 fully saturated rings. The van der Waals surface area contributed by atoms with E-state index in [1.54, 1.807) is 12.1 Å². The van der Waals surface area contributed by atoms with E-state index in [1.807, 2.05) is 30.3 Å². The summed E-state index contributed by atoms with van der Waals surface area (Å²) in [5, 5.41) is 40.5. The van der Waals surface area contributed by atoms with Crippen molar-refractivity contribution in [1.82, 2.24) is 0 Å². The van der Waals surface area contributed by atoms with Crippen LogP contribution in [0.3, 0.4) is 0 Å². The van der Waals surface area contributed by atoms with Crippen molar-refractivity contribution in [3.8, 4) is 5.75 Å². The monoisotopic (exact) mass is 450 g/mol. The lowest BCUT2D eigenvalue weighted by molar-refractivity contribution is -0.231. The van der Waals surface area contributed by atoms with Crippen LogP contribution in [0, 0.1) is 0 Å². The van der Waals surface area contributed by atoms with Gasteiger partial charge in [-0.15, -0.1) is 0 Å². The molecule has 0 aliphatic carbocycles. The summed E-state index contributed by atoms with van der Waals surface area (Å²) < 4.78 is 16.9. The summed E-state index contributed by atoms with van der Waals surface area (Å²) in [6, 6.07) is 12.9. The number of ether oxygens (including phenoxy) is 3. The van der Waals surface area contributed by atoms with Crippen molar-refractivity contribution >= 4 is 11.6 Å². The average molecular weight is 451 g/mol. The quantitative estimate of drug-likeness (QED) is 0.532. The van der Waals surface area contributed by atoms with Crippen molar-refractivity contribution in [3.05, 3.63) is 64.2 Å².